The maximum absolute atomic E-state index is 12.5. The highest BCUT2D eigenvalue weighted by Crippen LogP contribution is 2.31. The van der Waals surface area contributed by atoms with Gasteiger partial charge in [-0.05, 0) is 37.5 Å². The van der Waals surface area contributed by atoms with Gasteiger partial charge in [0.1, 0.15) is 11.3 Å². The first-order chi connectivity index (χ1) is 11.6. The standard InChI is InChI=1S/C18H18N2O4/c21-15-9-11(16-4-3-7-24-16)8-14-12(15)10-13(17(22)19-14)18(23)20-5-1-2-6-20/h3-4,7,10-11H,1-2,5-6,8-9H2,(H,19,22). The van der Waals surface area contributed by atoms with Crippen LogP contribution in [0.3, 0.4) is 0 Å². The lowest BCUT2D eigenvalue weighted by molar-refractivity contribution is 0.0791. The van der Waals surface area contributed by atoms with Gasteiger partial charge in [-0.25, -0.2) is 0 Å². The highest BCUT2D eigenvalue weighted by atomic mass is 16.3. The molecule has 1 atom stereocenters. The molecule has 0 saturated carbocycles. The molecule has 4 rings (SSSR count). The number of nitrogens with one attached hydrogen (secondary N) is 1. The number of pyridine rings is 1. The van der Waals surface area contributed by atoms with E-state index < -0.39 is 5.56 Å². The topological polar surface area (TPSA) is 83.4 Å². The molecule has 0 spiro atoms. The lowest BCUT2D eigenvalue weighted by Crippen LogP contribution is -2.34. The number of rotatable bonds is 2. The van der Waals surface area contributed by atoms with E-state index in [-0.39, 0.29) is 23.2 Å². The Morgan fingerprint density at radius 2 is 2.00 bits per heavy atom. The fraction of sp³-hybridized carbons (Fsp3) is 0.389. The average Bonchev–Trinajstić information content (AvgIpc) is 3.27. The normalized spacial score (nSPS) is 20.2. The van der Waals surface area contributed by atoms with Crippen molar-refractivity contribution in [2.75, 3.05) is 13.1 Å². The molecule has 1 N–H and O–H groups in total. The van der Waals surface area contributed by atoms with Gasteiger partial charge in [-0.3, -0.25) is 14.4 Å². The van der Waals surface area contributed by atoms with Crippen LogP contribution in [0.4, 0.5) is 0 Å². The van der Waals surface area contributed by atoms with E-state index in [2.05, 4.69) is 4.98 Å². The van der Waals surface area contributed by atoms with Gasteiger partial charge in [-0.2, -0.15) is 0 Å². The van der Waals surface area contributed by atoms with Gasteiger partial charge in [-0.1, -0.05) is 0 Å². The number of fused-ring (bicyclic) bond motifs is 1. The Balaban J connectivity index is 1.68. The second-order valence-electron chi connectivity index (χ2n) is 6.45. The number of hydrogen-bond acceptors (Lipinski definition) is 4. The van der Waals surface area contributed by atoms with Gasteiger partial charge in [0, 0.05) is 36.7 Å². The molecule has 6 nitrogen and oxygen atoms in total. The highest BCUT2D eigenvalue weighted by Gasteiger charge is 2.31. The predicted molar refractivity (Wildman–Crippen MR) is 86.3 cm³/mol. The molecule has 0 bridgehead atoms. The summed E-state index contributed by atoms with van der Waals surface area (Å²) >= 11 is 0. The first kappa shape index (κ1) is 14.9. The maximum Gasteiger partial charge on any atom is 0.261 e. The van der Waals surface area contributed by atoms with Gasteiger partial charge in [0.2, 0.25) is 0 Å². The van der Waals surface area contributed by atoms with Crippen molar-refractivity contribution in [3.8, 4) is 0 Å². The molecule has 2 aliphatic rings. The molecule has 6 heteroatoms. The summed E-state index contributed by atoms with van der Waals surface area (Å²) in [6.07, 6.45) is 4.35. The maximum atomic E-state index is 12.5. The van der Waals surface area contributed by atoms with Crippen molar-refractivity contribution in [3.63, 3.8) is 0 Å². The van der Waals surface area contributed by atoms with Gasteiger partial charge < -0.3 is 14.3 Å². The summed E-state index contributed by atoms with van der Waals surface area (Å²) in [7, 11) is 0. The zero-order valence-electron chi connectivity index (χ0n) is 13.2. The smallest absolute Gasteiger partial charge is 0.261 e. The molecule has 1 aliphatic carbocycles. The number of furan rings is 1. The Morgan fingerprint density at radius 3 is 2.71 bits per heavy atom. The summed E-state index contributed by atoms with van der Waals surface area (Å²) in [5.74, 6) is 0.324. The summed E-state index contributed by atoms with van der Waals surface area (Å²) in [5.41, 5.74) is 0.703. The van der Waals surface area contributed by atoms with Crippen molar-refractivity contribution in [3.05, 3.63) is 57.4 Å². The van der Waals surface area contributed by atoms with E-state index in [1.165, 1.54) is 6.07 Å². The minimum Gasteiger partial charge on any atom is -0.469 e. The van der Waals surface area contributed by atoms with E-state index in [0.29, 0.717) is 37.2 Å². The van der Waals surface area contributed by atoms with Crippen molar-refractivity contribution < 1.29 is 14.0 Å². The molecule has 1 aliphatic heterocycles. The average molecular weight is 326 g/mol. The van der Waals surface area contributed by atoms with E-state index in [0.717, 1.165) is 18.6 Å². The van der Waals surface area contributed by atoms with Crippen molar-refractivity contribution in [1.82, 2.24) is 9.88 Å². The molecule has 2 aromatic heterocycles. The number of nitrogens with zero attached hydrogens (tertiary/aromatic N) is 1. The Labute approximate surface area is 138 Å². The Bertz CT molecular complexity index is 844. The van der Waals surface area contributed by atoms with Crippen molar-refractivity contribution >= 4 is 11.7 Å². The first-order valence-corrected chi connectivity index (χ1v) is 8.25. The second kappa shape index (κ2) is 5.78. The third kappa shape index (κ3) is 2.48. The number of amides is 1. The van der Waals surface area contributed by atoms with Crippen LogP contribution in [0.5, 0.6) is 0 Å². The number of aromatic amines is 1. The number of likely N-dealkylation sites (tertiary alicyclic amines) is 1. The largest absolute Gasteiger partial charge is 0.469 e. The fourth-order valence-corrected chi connectivity index (χ4v) is 3.60. The van der Waals surface area contributed by atoms with Gasteiger partial charge in [0.25, 0.3) is 11.5 Å². The number of aromatic nitrogens is 1. The van der Waals surface area contributed by atoms with Crippen LogP contribution >= 0.6 is 0 Å². The van der Waals surface area contributed by atoms with E-state index in [4.69, 9.17) is 4.42 Å². The van der Waals surface area contributed by atoms with Crippen LogP contribution in [-0.2, 0) is 6.42 Å². The summed E-state index contributed by atoms with van der Waals surface area (Å²) in [6, 6.07) is 5.11. The predicted octanol–water partition coefficient (Wildman–Crippen LogP) is 2.12. The third-order valence-corrected chi connectivity index (χ3v) is 4.87. The van der Waals surface area contributed by atoms with Crippen LogP contribution in [0.1, 0.15) is 57.4 Å². The SMILES string of the molecule is O=C1CC(c2ccco2)Cc2[nH]c(=O)c(C(=O)N3CCCC3)cc21. The summed E-state index contributed by atoms with van der Waals surface area (Å²) in [6.45, 7) is 1.34. The van der Waals surface area contributed by atoms with Crippen LogP contribution in [0, 0.1) is 0 Å². The van der Waals surface area contributed by atoms with Crippen molar-refractivity contribution in [2.45, 2.75) is 31.6 Å². The number of carbonyl (C=O) groups is 2. The fourth-order valence-electron chi connectivity index (χ4n) is 3.60. The highest BCUT2D eigenvalue weighted by molar-refractivity contribution is 6.02. The van der Waals surface area contributed by atoms with E-state index in [1.807, 2.05) is 6.07 Å². The molecule has 2 aromatic rings. The Morgan fingerprint density at radius 1 is 1.21 bits per heavy atom. The number of H-pyrrole nitrogens is 1. The zero-order valence-corrected chi connectivity index (χ0v) is 13.2. The number of ketones is 1. The molecule has 1 unspecified atom stereocenters. The Hall–Kier alpha value is -2.63. The Kier molecular flexibility index (Phi) is 3.59. The number of Topliss-reactive ketones (excluding diaryl/α,β-unsaturated/α-hetero) is 1. The molecule has 0 aromatic carbocycles. The van der Waals surface area contributed by atoms with E-state index in [9.17, 15) is 14.4 Å². The van der Waals surface area contributed by atoms with Gasteiger partial charge in [-0.15, -0.1) is 0 Å². The first-order valence-electron chi connectivity index (χ1n) is 8.25. The van der Waals surface area contributed by atoms with Crippen LogP contribution in [0.25, 0.3) is 0 Å². The van der Waals surface area contributed by atoms with Crippen molar-refractivity contribution in [2.24, 2.45) is 0 Å². The van der Waals surface area contributed by atoms with Crippen LogP contribution in [0.2, 0.25) is 0 Å². The molecular formula is C18H18N2O4. The molecule has 0 radical (unpaired) electrons. The zero-order chi connectivity index (χ0) is 16.7. The minimum absolute atomic E-state index is 0.0654. The summed E-state index contributed by atoms with van der Waals surface area (Å²) in [4.78, 5) is 41.8. The lowest BCUT2D eigenvalue weighted by Gasteiger charge is -2.23. The molecule has 1 fully saturated rings. The molecule has 1 saturated heterocycles. The monoisotopic (exact) mass is 326 g/mol. The second-order valence-corrected chi connectivity index (χ2v) is 6.45. The lowest BCUT2D eigenvalue weighted by atomic mass is 9.84. The van der Waals surface area contributed by atoms with Crippen molar-refractivity contribution in [1.29, 1.82) is 0 Å². The molecule has 24 heavy (non-hydrogen) atoms. The van der Waals surface area contributed by atoms with Crippen LogP contribution in [0.15, 0.2) is 33.7 Å². The quantitative estimate of drug-likeness (QED) is 0.916. The van der Waals surface area contributed by atoms with Crippen LogP contribution < -0.4 is 5.56 Å². The van der Waals surface area contributed by atoms with Gasteiger partial charge in [0.05, 0.1) is 6.26 Å². The van der Waals surface area contributed by atoms with Gasteiger partial charge >= 0.3 is 0 Å². The molecule has 124 valence electrons. The van der Waals surface area contributed by atoms with Crippen LogP contribution in [-0.4, -0.2) is 34.7 Å². The minimum atomic E-state index is -0.418. The number of hydrogen-bond donors (Lipinski definition) is 1. The summed E-state index contributed by atoms with van der Waals surface area (Å²) < 4.78 is 5.39. The van der Waals surface area contributed by atoms with E-state index in [1.54, 1.807) is 17.2 Å². The third-order valence-electron chi connectivity index (χ3n) is 4.87. The molecular weight excluding hydrogens is 308 g/mol. The van der Waals surface area contributed by atoms with Gasteiger partial charge in [0.15, 0.2) is 5.78 Å². The van der Waals surface area contributed by atoms with E-state index >= 15 is 0 Å². The summed E-state index contributed by atoms with van der Waals surface area (Å²) in [5, 5.41) is 0. The molecule has 1 amide bonds. The number of carbonyl (C=O) groups excluding carboxylic acids is 2. The molecule has 3 heterocycles.